The summed E-state index contributed by atoms with van der Waals surface area (Å²) in [4.78, 5) is 11.5. The molecule has 1 fully saturated rings. The maximum Gasteiger partial charge on any atom is 0.267 e. The predicted octanol–water partition coefficient (Wildman–Crippen LogP) is 0.476. The van der Waals surface area contributed by atoms with Crippen molar-refractivity contribution in [2.24, 2.45) is 0 Å². The van der Waals surface area contributed by atoms with Crippen molar-refractivity contribution in [3.63, 3.8) is 0 Å². The third-order valence-electron chi connectivity index (χ3n) is 2.58. The Hall–Kier alpha value is -1.16. The van der Waals surface area contributed by atoms with Crippen molar-refractivity contribution in [3.05, 3.63) is 28.2 Å². The molecule has 0 aliphatic carbocycles. The summed E-state index contributed by atoms with van der Waals surface area (Å²) in [5.74, 6) is 0. The topological polar surface area (TPSA) is 46.9 Å². The molecule has 14 heavy (non-hydrogen) atoms. The minimum Gasteiger partial charge on any atom is -0.315 e. The van der Waals surface area contributed by atoms with Crippen LogP contribution in [0.25, 0.3) is 0 Å². The maximum atomic E-state index is 11.5. The summed E-state index contributed by atoms with van der Waals surface area (Å²) in [6.45, 7) is 3.82. The minimum absolute atomic E-state index is 0.00398. The van der Waals surface area contributed by atoms with Gasteiger partial charge in [0.2, 0.25) is 0 Å². The Kier molecular flexibility index (Phi) is 2.63. The fourth-order valence-corrected chi connectivity index (χ4v) is 1.82. The zero-order chi connectivity index (χ0) is 9.97. The first-order valence-electron chi connectivity index (χ1n) is 5.04. The number of hydrogen-bond donors (Lipinski definition) is 1. The number of nitrogens with one attached hydrogen (secondary N) is 1. The van der Waals surface area contributed by atoms with Crippen LogP contribution in [0.4, 0.5) is 0 Å². The summed E-state index contributed by atoms with van der Waals surface area (Å²) < 4.78 is 1.61. The molecule has 1 aliphatic rings. The summed E-state index contributed by atoms with van der Waals surface area (Å²) in [7, 11) is 0. The lowest BCUT2D eigenvalue weighted by molar-refractivity contribution is 0.333. The van der Waals surface area contributed by atoms with Crippen LogP contribution in [-0.4, -0.2) is 22.9 Å². The van der Waals surface area contributed by atoms with E-state index in [1.807, 2.05) is 6.92 Å². The molecule has 1 aromatic heterocycles. The van der Waals surface area contributed by atoms with Crippen LogP contribution in [0.3, 0.4) is 0 Å². The first kappa shape index (κ1) is 9.40. The number of aromatic nitrogens is 2. The molecule has 0 aromatic carbocycles. The van der Waals surface area contributed by atoms with Crippen molar-refractivity contribution in [3.8, 4) is 0 Å². The first-order valence-corrected chi connectivity index (χ1v) is 5.04. The maximum absolute atomic E-state index is 11.5. The fraction of sp³-hybridized carbons (Fsp3) is 0.600. The van der Waals surface area contributed by atoms with Crippen LogP contribution < -0.4 is 10.9 Å². The Morgan fingerprint density at radius 2 is 2.43 bits per heavy atom. The van der Waals surface area contributed by atoms with Crippen LogP contribution in [0.15, 0.2) is 16.9 Å². The lowest BCUT2D eigenvalue weighted by atomic mass is 10.1. The summed E-state index contributed by atoms with van der Waals surface area (Å²) in [6.07, 6.45) is 2.16. The molecule has 0 amide bonds. The quantitative estimate of drug-likeness (QED) is 0.705. The molecule has 4 heteroatoms. The van der Waals surface area contributed by atoms with Gasteiger partial charge in [0.1, 0.15) is 0 Å². The van der Waals surface area contributed by atoms with Crippen molar-refractivity contribution in [1.29, 1.82) is 0 Å². The van der Waals surface area contributed by atoms with Gasteiger partial charge in [0.25, 0.3) is 5.56 Å². The van der Waals surface area contributed by atoms with Crippen LogP contribution in [0.5, 0.6) is 0 Å². The highest BCUT2D eigenvalue weighted by atomic mass is 16.1. The van der Waals surface area contributed by atoms with E-state index in [0.29, 0.717) is 0 Å². The lowest BCUT2D eigenvalue weighted by Gasteiger charge is -2.23. The van der Waals surface area contributed by atoms with Crippen molar-refractivity contribution in [2.45, 2.75) is 25.8 Å². The van der Waals surface area contributed by atoms with E-state index in [-0.39, 0.29) is 11.6 Å². The van der Waals surface area contributed by atoms with Crippen LogP contribution in [0.1, 0.15) is 24.6 Å². The average Bonchev–Trinajstić information content (AvgIpc) is 2.23. The highest BCUT2D eigenvalue weighted by Gasteiger charge is 2.16. The van der Waals surface area contributed by atoms with Gasteiger partial charge in [-0.15, -0.1) is 0 Å². The van der Waals surface area contributed by atoms with Gasteiger partial charge in [-0.1, -0.05) is 0 Å². The molecule has 1 unspecified atom stereocenters. The summed E-state index contributed by atoms with van der Waals surface area (Å²) in [5.41, 5.74) is 0.902. The van der Waals surface area contributed by atoms with E-state index in [9.17, 15) is 4.79 Å². The van der Waals surface area contributed by atoms with Gasteiger partial charge >= 0.3 is 0 Å². The van der Waals surface area contributed by atoms with Gasteiger partial charge in [0.15, 0.2) is 0 Å². The third kappa shape index (κ3) is 1.85. The molecule has 2 heterocycles. The highest BCUT2D eigenvalue weighted by molar-refractivity contribution is 4.98. The molecule has 0 saturated carbocycles. The second-order valence-electron chi connectivity index (χ2n) is 3.76. The zero-order valence-electron chi connectivity index (χ0n) is 8.36. The van der Waals surface area contributed by atoms with E-state index in [2.05, 4.69) is 10.4 Å². The summed E-state index contributed by atoms with van der Waals surface area (Å²) in [6, 6.07) is 3.59. The number of nitrogens with zero attached hydrogens (tertiary/aromatic N) is 2. The molecule has 4 nitrogen and oxygen atoms in total. The molecule has 0 spiro atoms. The van der Waals surface area contributed by atoms with Crippen molar-refractivity contribution >= 4 is 0 Å². The molecule has 1 N–H and O–H groups in total. The summed E-state index contributed by atoms with van der Waals surface area (Å²) >= 11 is 0. The second-order valence-corrected chi connectivity index (χ2v) is 3.76. The van der Waals surface area contributed by atoms with Crippen molar-refractivity contribution in [2.75, 3.05) is 13.1 Å². The second kappa shape index (κ2) is 3.92. The fourth-order valence-electron chi connectivity index (χ4n) is 1.82. The zero-order valence-corrected chi connectivity index (χ0v) is 8.36. The monoisotopic (exact) mass is 193 g/mol. The first-order chi connectivity index (χ1) is 6.77. The van der Waals surface area contributed by atoms with Gasteiger partial charge in [-0.25, -0.2) is 4.68 Å². The van der Waals surface area contributed by atoms with E-state index in [4.69, 9.17) is 0 Å². The Morgan fingerprint density at radius 1 is 1.57 bits per heavy atom. The van der Waals surface area contributed by atoms with Gasteiger partial charge in [-0.05, 0) is 32.4 Å². The third-order valence-corrected chi connectivity index (χ3v) is 2.58. The number of rotatable bonds is 1. The average molecular weight is 193 g/mol. The molecule has 1 aromatic rings. The van der Waals surface area contributed by atoms with E-state index < -0.39 is 0 Å². The van der Waals surface area contributed by atoms with Crippen molar-refractivity contribution < 1.29 is 0 Å². The van der Waals surface area contributed by atoms with Gasteiger partial charge in [-0.2, -0.15) is 5.10 Å². The molecule has 76 valence electrons. The summed E-state index contributed by atoms with van der Waals surface area (Å²) in [5, 5.41) is 7.54. The number of piperidine rings is 1. The van der Waals surface area contributed by atoms with Crippen LogP contribution in [0, 0.1) is 6.92 Å². The number of aryl methyl sites for hydroxylation is 1. The number of hydrogen-bond acceptors (Lipinski definition) is 3. The molecule has 0 bridgehead atoms. The Balaban J connectivity index is 2.29. The Bertz CT molecular complexity index is 366. The minimum atomic E-state index is 0.00398. The molecular formula is C10H15N3O. The van der Waals surface area contributed by atoms with Gasteiger partial charge < -0.3 is 5.32 Å². The largest absolute Gasteiger partial charge is 0.315 e. The molecule has 2 rings (SSSR count). The van der Waals surface area contributed by atoms with E-state index in [1.54, 1.807) is 16.8 Å². The van der Waals surface area contributed by atoms with E-state index in [0.717, 1.165) is 31.6 Å². The molecule has 1 saturated heterocycles. The Morgan fingerprint density at radius 3 is 3.14 bits per heavy atom. The Labute approximate surface area is 82.9 Å². The van der Waals surface area contributed by atoms with E-state index >= 15 is 0 Å². The van der Waals surface area contributed by atoms with Crippen LogP contribution in [0.2, 0.25) is 0 Å². The highest BCUT2D eigenvalue weighted by Crippen LogP contribution is 2.12. The smallest absolute Gasteiger partial charge is 0.267 e. The van der Waals surface area contributed by atoms with Crippen LogP contribution in [-0.2, 0) is 0 Å². The van der Waals surface area contributed by atoms with Gasteiger partial charge in [0.05, 0.1) is 11.7 Å². The molecular weight excluding hydrogens is 178 g/mol. The molecule has 1 atom stereocenters. The SMILES string of the molecule is Cc1ccc(=O)n(C2CCCNC2)n1. The lowest BCUT2D eigenvalue weighted by Crippen LogP contribution is -2.37. The predicted molar refractivity (Wildman–Crippen MR) is 54.4 cm³/mol. The van der Waals surface area contributed by atoms with Gasteiger partial charge in [0, 0.05) is 12.6 Å². The van der Waals surface area contributed by atoms with Crippen LogP contribution >= 0.6 is 0 Å². The van der Waals surface area contributed by atoms with E-state index in [1.165, 1.54) is 0 Å². The molecule has 1 aliphatic heterocycles. The standard InChI is InChI=1S/C10H15N3O/c1-8-4-5-10(14)13(12-8)9-3-2-6-11-7-9/h4-5,9,11H,2-3,6-7H2,1H3. The van der Waals surface area contributed by atoms with Crippen molar-refractivity contribution in [1.82, 2.24) is 15.1 Å². The molecule has 0 radical (unpaired) electrons. The normalized spacial score (nSPS) is 22.2. The van der Waals surface area contributed by atoms with Gasteiger partial charge in [-0.3, -0.25) is 4.79 Å².